The molecule has 0 unspecified atom stereocenters. The first kappa shape index (κ1) is 29.9. The van der Waals surface area contributed by atoms with Crippen molar-refractivity contribution in [2.75, 3.05) is 59.7 Å². The van der Waals surface area contributed by atoms with Crippen molar-refractivity contribution in [2.24, 2.45) is 0 Å². The smallest absolute Gasteiger partial charge is 0.342 e. The van der Waals surface area contributed by atoms with Crippen LogP contribution in [0, 0.1) is 6.92 Å². The number of cyclic esters (lactones) is 1. The maximum Gasteiger partial charge on any atom is 0.342 e. The molecule has 0 aliphatic carbocycles. The summed E-state index contributed by atoms with van der Waals surface area (Å²) >= 11 is 5.55. The molecule has 3 rings (SSSR count). The monoisotopic (exact) mass is 548 g/mol. The molecule has 210 valence electrons. The number of ether oxygens (including phenoxy) is 5. The fourth-order valence-corrected chi connectivity index (χ4v) is 4.96. The molecule has 0 saturated carbocycles. The van der Waals surface area contributed by atoms with Crippen molar-refractivity contribution in [1.29, 1.82) is 0 Å². The molecule has 0 aromatic heterocycles. The zero-order valence-electron chi connectivity index (χ0n) is 23.2. The lowest BCUT2D eigenvalue weighted by Gasteiger charge is -2.26. The van der Waals surface area contributed by atoms with E-state index in [4.69, 9.17) is 35.9 Å². The standard InChI is InChI=1S/C28H40N2O7S/c1-6-30(7-2)28(38)37-26-21(25(33-5)20(4)22-18-36-27(32)24(22)26)10-8-19(3)9-11-23(31)35-17-14-29-12-15-34-16-13-29/h8H,6-7,9-18H2,1-5H3/b19-8+. The number of methoxy groups -OCH3 is 1. The Morgan fingerprint density at radius 2 is 1.87 bits per heavy atom. The van der Waals surface area contributed by atoms with Gasteiger partial charge >= 0.3 is 11.9 Å². The summed E-state index contributed by atoms with van der Waals surface area (Å²) < 4.78 is 28.1. The van der Waals surface area contributed by atoms with Crippen LogP contribution >= 0.6 is 12.2 Å². The van der Waals surface area contributed by atoms with E-state index < -0.39 is 5.97 Å². The number of carbonyl (C=O) groups excluding carboxylic acids is 2. The number of hydrogen-bond acceptors (Lipinski definition) is 9. The number of fused-ring (bicyclic) bond motifs is 1. The third kappa shape index (κ3) is 7.45. The molecule has 38 heavy (non-hydrogen) atoms. The van der Waals surface area contributed by atoms with Gasteiger partial charge in [-0.2, -0.15) is 0 Å². The number of allylic oxidation sites excluding steroid dienone is 2. The third-order valence-corrected chi connectivity index (χ3v) is 7.33. The van der Waals surface area contributed by atoms with E-state index in [-0.39, 0.29) is 12.6 Å². The van der Waals surface area contributed by atoms with Crippen molar-refractivity contribution in [3.8, 4) is 11.5 Å². The molecule has 0 atom stereocenters. The number of hydrogen-bond donors (Lipinski definition) is 0. The molecule has 1 aromatic rings. The van der Waals surface area contributed by atoms with Crippen LogP contribution in [0.3, 0.4) is 0 Å². The van der Waals surface area contributed by atoms with Crippen LogP contribution < -0.4 is 9.47 Å². The summed E-state index contributed by atoms with van der Waals surface area (Å²) in [6.45, 7) is 13.7. The molecule has 1 fully saturated rings. The first-order valence-electron chi connectivity index (χ1n) is 13.3. The summed E-state index contributed by atoms with van der Waals surface area (Å²) in [7, 11) is 1.60. The quantitative estimate of drug-likeness (QED) is 0.218. The number of benzene rings is 1. The highest BCUT2D eigenvalue weighted by Crippen LogP contribution is 2.43. The topological polar surface area (TPSA) is 86.8 Å². The number of esters is 2. The number of morpholine rings is 1. The van der Waals surface area contributed by atoms with Gasteiger partial charge in [0.2, 0.25) is 0 Å². The summed E-state index contributed by atoms with van der Waals surface area (Å²) in [5.41, 5.74) is 3.76. The summed E-state index contributed by atoms with van der Waals surface area (Å²) in [4.78, 5) is 29.1. The lowest BCUT2D eigenvalue weighted by Crippen LogP contribution is -2.38. The van der Waals surface area contributed by atoms with Gasteiger partial charge in [0.05, 0.1) is 20.3 Å². The second-order valence-corrected chi connectivity index (χ2v) is 9.71. The number of thiocarbonyl (C=S) groups is 1. The molecule has 2 aliphatic rings. The maximum absolute atomic E-state index is 12.7. The van der Waals surface area contributed by atoms with Gasteiger partial charge in [-0.15, -0.1) is 0 Å². The van der Waals surface area contributed by atoms with Crippen molar-refractivity contribution in [3.05, 3.63) is 33.9 Å². The first-order chi connectivity index (χ1) is 18.3. The summed E-state index contributed by atoms with van der Waals surface area (Å²) in [6, 6.07) is 0. The molecule has 0 radical (unpaired) electrons. The Balaban J connectivity index is 1.71. The SMILES string of the molecule is CCN(CC)C(=S)Oc1c(C/C=C(\C)CCC(=O)OCCN2CCOCC2)c(OC)c(C)c2c1C(=O)OC2. The molecule has 0 spiro atoms. The molecule has 1 aromatic carbocycles. The average Bonchev–Trinajstić information content (AvgIpc) is 3.31. The molecule has 9 nitrogen and oxygen atoms in total. The molecule has 2 heterocycles. The molecule has 0 bridgehead atoms. The van der Waals surface area contributed by atoms with Crippen LogP contribution in [0.25, 0.3) is 0 Å². The molecular formula is C28H40N2O7S. The van der Waals surface area contributed by atoms with E-state index in [2.05, 4.69) is 4.90 Å². The fraction of sp³-hybridized carbons (Fsp3) is 0.607. The average molecular weight is 549 g/mol. The van der Waals surface area contributed by atoms with E-state index in [0.717, 1.165) is 55.1 Å². The predicted molar refractivity (Wildman–Crippen MR) is 148 cm³/mol. The van der Waals surface area contributed by atoms with E-state index in [1.54, 1.807) is 7.11 Å². The Morgan fingerprint density at radius 1 is 1.16 bits per heavy atom. The second kappa shape index (κ2) is 14.5. The minimum atomic E-state index is -0.426. The summed E-state index contributed by atoms with van der Waals surface area (Å²) in [6.07, 6.45) is 3.34. The van der Waals surface area contributed by atoms with Gasteiger partial charge in [0, 0.05) is 50.3 Å². The van der Waals surface area contributed by atoms with Crippen LogP contribution in [-0.4, -0.2) is 86.6 Å². The van der Waals surface area contributed by atoms with Crippen LogP contribution in [0.1, 0.15) is 60.7 Å². The minimum absolute atomic E-state index is 0.174. The molecule has 10 heteroatoms. The largest absolute Gasteiger partial charge is 0.496 e. The van der Waals surface area contributed by atoms with Crippen molar-refractivity contribution >= 4 is 29.3 Å². The van der Waals surface area contributed by atoms with E-state index in [0.29, 0.717) is 61.2 Å². The molecule has 0 amide bonds. The molecule has 2 aliphatic heterocycles. The lowest BCUT2D eigenvalue weighted by atomic mass is 9.94. The van der Waals surface area contributed by atoms with Gasteiger partial charge in [-0.05, 0) is 58.3 Å². The Morgan fingerprint density at radius 3 is 2.53 bits per heavy atom. The maximum atomic E-state index is 12.7. The van der Waals surface area contributed by atoms with E-state index in [1.165, 1.54) is 0 Å². The Labute approximate surface area is 231 Å². The zero-order chi connectivity index (χ0) is 27.7. The Hall–Kier alpha value is -2.69. The van der Waals surface area contributed by atoms with Crippen molar-refractivity contribution in [3.63, 3.8) is 0 Å². The normalized spacial score (nSPS) is 15.6. The summed E-state index contributed by atoms with van der Waals surface area (Å²) in [5, 5.41) is 0.296. The molecule has 1 saturated heterocycles. The molecular weight excluding hydrogens is 508 g/mol. The van der Waals surface area contributed by atoms with E-state index in [1.807, 2.05) is 38.7 Å². The zero-order valence-corrected chi connectivity index (χ0v) is 24.0. The predicted octanol–water partition coefficient (Wildman–Crippen LogP) is 3.82. The number of carbonyl (C=O) groups is 2. The van der Waals surface area contributed by atoms with Crippen LogP contribution in [-0.2, 0) is 32.0 Å². The van der Waals surface area contributed by atoms with Gasteiger partial charge in [0.15, 0.2) is 5.75 Å². The highest BCUT2D eigenvalue weighted by molar-refractivity contribution is 7.80. The second-order valence-electron chi connectivity index (χ2n) is 9.36. The third-order valence-electron chi connectivity index (χ3n) is 6.99. The van der Waals surface area contributed by atoms with Crippen molar-refractivity contribution < 1.29 is 33.3 Å². The van der Waals surface area contributed by atoms with Crippen LogP contribution in [0.5, 0.6) is 11.5 Å². The first-order valence-corrected chi connectivity index (χ1v) is 13.7. The van der Waals surface area contributed by atoms with Crippen LogP contribution in [0.4, 0.5) is 0 Å². The van der Waals surface area contributed by atoms with Gasteiger partial charge < -0.3 is 28.6 Å². The fourth-order valence-electron chi connectivity index (χ4n) is 4.62. The highest BCUT2D eigenvalue weighted by Gasteiger charge is 2.34. The lowest BCUT2D eigenvalue weighted by molar-refractivity contribution is -0.144. The molecule has 0 N–H and O–H groups in total. The van der Waals surface area contributed by atoms with Gasteiger partial charge in [-0.3, -0.25) is 9.69 Å². The summed E-state index contributed by atoms with van der Waals surface area (Å²) in [5.74, 6) is 0.387. The van der Waals surface area contributed by atoms with Gasteiger partial charge in [0.25, 0.3) is 5.17 Å². The Kier molecular flexibility index (Phi) is 11.4. The number of nitrogens with zero attached hydrogens (tertiary/aromatic N) is 2. The highest BCUT2D eigenvalue weighted by atomic mass is 32.1. The van der Waals surface area contributed by atoms with E-state index >= 15 is 0 Å². The number of rotatable bonds is 12. The van der Waals surface area contributed by atoms with E-state index in [9.17, 15) is 9.59 Å². The van der Waals surface area contributed by atoms with Crippen molar-refractivity contribution in [2.45, 2.75) is 53.6 Å². The van der Waals surface area contributed by atoms with Gasteiger partial charge in [-0.1, -0.05) is 11.6 Å². The van der Waals surface area contributed by atoms with Gasteiger partial charge in [0.1, 0.15) is 24.5 Å². The van der Waals surface area contributed by atoms with Gasteiger partial charge in [-0.25, -0.2) is 4.79 Å². The van der Waals surface area contributed by atoms with Crippen molar-refractivity contribution in [1.82, 2.24) is 9.80 Å². The van der Waals surface area contributed by atoms with Crippen LogP contribution in [0.15, 0.2) is 11.6 Å². The van der Waals surface area contributed by atoms with Crippen LogP contribution in [0.2, 0.25) is 0 Å². The Bertz CT molecular complexity index is 1050. The minimum Gasteiger partial charge on any atom is -0.496 e.